The number of benzene rings is 1. The second-order valence-corrected chi connectivity index (χ2v) is 3.57. The predicted molar refractivity (Wildman–Crippen MR) is 64.9 cm³/mol. The Kier molecular flexibility index (Phi) is 3.26. The highest BCUT2D eigenvalue weighted by atomic mass is 16.4. The van der Waals surface area contributed by atoms with Crippen LogP contribution in [0.15, 0.2) is 47.1 Å². The molecule has 4 nitrogen and oxygen atoms in total. The minimum atomic E-state index is -0.431. The number of furan rings is 1. The van der Waals surface area contributed by atoms with Crippen LogP contribution in [0.4, 0.5) is 0 Å². The molecule has 88 valence electrons. The predicted octanol–water partition coefficient (Wildman–Crippen LogP) is 2.75. The number of allylic oxidation sites excluding steroid dienone is 1. The third-order valence-corrected chi connectivity index (χ3v) is 2.31. The largest absolute Gasteiger partial charge is 0.504 e. The van der Waals surface area contributed by atoms with Crippen LogP contribution >= 0.6 is 0 Å². The van der Waals surface area contributed by atoms with Crippen LogP contribution in [0.3, 0.4) is 0 Å². The normalized spacial score (nSPS) is 10.4. The highest BCUT2D eigenvalue weighted by Gasteiger charge is 2.11. The Morgan fingerprint density at radius 3 is 2.89 bits per heavy atom. The summed E-state index contributed by atoms with van der Waals surface area (Å²) in [4.78, 5) is 11.6. The molecule has 0 fully saturated rings. The van der Waals surface area contributed by atoms with Gasteiger partial charge in [0.2, 0.25) is 11.5 Å². The van der Waals surface area contributed by atoms with Crippen LogP contribution in [0.25, 0.3) is 6.08 Å². The van der Waals surface area contributed by atoms with E-state index in [1.54, 1.807) is 30.3 Å². The van der Waals surface area contributed by atoms with Gasteiger partial charge in [-0.3, -0.25) is 4.79 Å². The van der Waals surface area contributed by atoms with Gasteiger partial charge in [0.1, 0.15) is 0 Å². The fraction of sp³-hybridized carbons (Fsp3) is 0. The molecule has 1 aromatic heterocycles. The Hall–Kier alpha value is -2.80. The minimum absolute atomic E-state index is 0.0947. The van der Waals surface area contributed by atoms with E-state index in [4.69, 9.17) is 9.68 Å². The number of nitriles is 1. The van der Waals surface area contributed by atoms with Crippen molar-refractivity contribution in [1.82, 2.24) is 0 Å². The third kappa shape index (κ3) is 2.47. The maximum atomic E-state index is 11.6. The van der Waals surface area contributed by atoms with Gasteiger partial charge in [-0.05, 0) is 23.8 Å². The van der Waals surface area contributed by atoms with Crippen LogP contribution in [0.2, 0.25) is 0 Å². The zero-order valence-electron chi connectivity index (χ0n) is 9.33. The fourth-order valence-corrected chi connectivity index (χ4v) is 1.45. The van der Waals surface area contributed by atoms with Crippen molar-refractivity contribution in [3.63, 3.8) is 0 Å². The lowest BCUT2D eigenvalue weighted by Crippen LogP contribution is -1.91. The van der Waals surface area contributed by atoms with Gasteiger partial charge >= 0.3 is 0 Å². The number of aromatic hydroxyl groups is 1. The number of rotatable bonds is 3. The second kappa shape index (κ2) is 5.02. The van der Waals surface area contributed by atoms with Gasteiger partial charge in [-0.1, -0.05) is 18.2 Å². The number of ketones is 1. The van der Waals surface area contributed by atoms with E-state index in [1.807, 2.05) is 6.07 Å². The highest BCUT2D eigenvalue weighted by Crippen LogP contribution is 2.18. The van der Waals surface area contributed by atoms with E-state index in [2.05, 4.69) is 0 Å². The first-order chi connectivity index (χ1) is 8.70. The van der Waals surface area contributed by atoms with E-state index >= 15 is 0 Å². The van der Waals surface area contributed by atoms with Gasteiger partial charge in [0.25, 0.3) is 0 Å². The molecule has 0 aliphatic carbocycles. The SMILES string of the molecule is N#Cc1cccc(/C=C/C(=O)c2occc2O)c1. The second-order valence-electron chi connectivity index (χ2n) is 3.57. The minimum Gasteiger partial charge on any atom is -0.504 e. The summed E-state index contributed by atoms with van der Waals surface area (Å²) >= 11 is 0. The molecule has 1 N–H and O–H groups in total. The summed E-state index contributed by atoms with van der Waals surface area (Å²) in [7, 11) is 0. The van der Waals surface area contributed by atoms with Crippen molar-refractivity contribution in [2.75, 3.05) is 0 Å². The van der Waals surface area contributed by atoms with E-state index in [9.17, 15) is 9.90 Å². The summed E-state index contributed by atoms with van der Waals surface area (Å²) in [5.41, 5.74) is 1.25. The molecule has 0 bridgehead atoms. The first kappa shape index (κ1) is 11.7. The van der Waals surface area contributed by atoms with E-state index in [0.717, 1.165) is 5.56 Å². The number of hydrogen-bond acceptors (Lipinski definition) is 4. The van der Waals surface area contributed by atoms with E-state index < -0.39 is 5.78 Å². The summed E-state index contributed by atoms with van der Waals surface area (Å²) in [5, 5.41) is 18.0. The molecule has 0 aliphatic heterocycles. The summed E-state index contributed by atoms with van der Waals surface area (Å²) in [6.07, 6.45) is 4.09. The molecular weight excluding hydrogens is 230 g/mol. The Bertz CT molecular complexity index is 647. The number of nitrogens with zero attached hydrogens (tertiary/aromatic N) is 1. The Morgan fingerprint density at radius 2 is 2.22 bits per heavy atom. The molecule has 0 saturated carbocycles. The van der Waals surface area contributed by atoms with E-state index in [-0.39, 0.29) is 11.5 Å². The smallest absolute Gasteiger partial charge is 0.224 e. The molecule has 0 radical (unpaired) electrons. The molecule has 1 heterocycles. The molecule has 18 heavy (non-hydrogen) atoms. The van der Waals surface area contributed by atoms with Gasteiger partial charge in [0, 0.05) is 6.07 Å². The molecule has 2 rings (SSSR count). The summed E-state index contributed by atoms with van der Waals surface area (Å²) < 4.78 is 4.86. The highest BCUT2D eigenvalue weighted by molar-refractivity contribution is 6.06. The van der Waals surface area contributed by atoms with Crippen LogP contribution in [-0.2, 0) is 0 Å². The molecule has 0 amide bonds. The maximum Gasteiger partial charge on any atom is 0.224 e. The van der Waals surface area contributed by atoms with Crippen molar-refractivity contribution in [3.05, 3.63) is 59.6 Å². The summed E-state index contributed by atoms with van der Waals surface area (Å²) in [6.45, 7) is 0. The zero-order valence-corrected chi connectivity index (χ0v) is 9.33. The fourth-order valence-electron chi connectivity index (χ4n) is 1.45. The molecule has 0 saturated heterocycles. The number of carbonyl (C=O) groups excluding carboxylic acids is 1. The van der Waals surface area contributed by atoms with Gasteiger partial charge in [-0.2, -0.15) is 5.26 Å². The third-order valence-electron chi connectivity index (χ3n) is 2.31. The van der Waals surface area contributed by atoms with E-state index in [0.29, 0.717) is 5.56 Å². The summed E-state index contributed by atoms with van der Waals surface area (Å²) in [6, 6.07) is 10.2. The Labute approximate surface area is 103 Å². The lowest BCUT2D eigenvalue weighted by molar-refractivity contribution is 0.101. The van der Waals surface area contributed by atoms with Gasteiger partial charge in [0.05, 0.1) is 17.9 Å². The van der Waals surface area contributed by atoms with Crippen LogP contribution in [0.1, 0.15) is 21.7 Å². The van der Waals surface area contributed by atoms with Crippen molar-refractivity contribution in [1.29, 1.82) is 5.26 Å². The molecular formula is C14H9NO3. The lowest BCUT2D eigenvalue weighted by atomic mass is 10.1. The van der Waals surface area contributed by atoms with Crippen molar-refractivity contribution < 1.29 is 14.3 Å². The molecule has 1 aromatic carbocycles. The monoisotopic (exact) mass is 239 g/mol. The standard InChI is InChI=1S/C14H9NO3/c15-9-11-3-1-2-10(8-11)4-5-12(16)14-13(17)6-7-18-14/h1-8,17H/b5-4+. The van der Waals surface area contributed by atoms with Crippen LogP contribution in [0.5, 0.6) is 5.75 Å². The first-order valence-electron chi connectivity index (χ1n) is 5.20. The molecule has 0 atom stereocenters. The van der Waals surface area contributed by atoms with Crippen LogP contribution in [-0.4, -0.2) is 10.9 Å². The molecule has 2 aromatic rings. The van der Waals surface area contributed by atoms with Gasteiger partial charge < -0.3 is 9.52 Å². The number of carbonyl (C=O) groups is 1. The molecule has 4 heteroatoms. The van der Waals surface area contributed by atoms with Crippen molar-refractivity contribution in [2.24, 2.45) is 0 Å². The topological polar surface area (TPSA) is 74.2 Å². The van der Waals surface area contributed by atoms with Crippen molar-refractivity contribution >= 4 is 11.9 Å². The molecule has 0 aliphatic rings. The van der Waals surface area contributed by atoms with Gasteiger partial charge in [-0.15, -0.1) is 0 Å². The van der Waals surface area contributed by atoms with Gasteiger partial charge in [-0.25, -0.2) is 0 Å². The quantitative estimate of drug-likeness (QED) is 0.660. The first-order valence-corrected chi connectivity index (χ1v) is 5.20. The average molecular weight is 239 g/mol. The van der Waals surface area contributed by atoms with E-state index in [1.165, 1.54) is 18.4 Å². The molecule has 0 spiro atoms. The zero-order chi connectivity index (χ0) is 13.0. The Balaban J connectivity index is 2.19. The van der Waals surface area contributed by atoms with Crippen LogP contribution < -0.4 is 0 Å². The summed E-state index contributed by atoms with van der Waals surface area (Å²) in [5.74, 6) is -0.710. The molecule has 0 unspecified atom stereocenters. The number of hydrogen-bond donors (Lipinski definition) is 1. The van der Waals surface area contributed by atoms with Gasteiger partial charge in [0.15, 0.2) is 5.75 Å². The lowest BCUT2D eigenvalue weighted by Gasteiger charge is -1.94. The van der Waals surface area contributed by atoms with Crippen molar-refractivity contribution in [2.45, 2.75) is 0 Å². The average Bonchev–Trinajstić information content (AvgIpc) is 2.82. The van der Waals surface area contributed by atoms with Crippen LogP contribution in [0, 0.1) is 11.3 Å². The maximum absolute atomic E-state index is 11.6. The Morgan fingerprint density at radius 1 is 1.39 bits per heavy atom. The van der Waals surface area contributed by atoms with Crippen molar-refractivity contribution in [3.8, 4) is 11.8 Å².